The zero-order chi connectivity index (χ0) is 11.5. The maximum Gasteiger partial charge on any atom is 0.307 e. The number of esters is 1. The monoisotopic (exact) mass is 215 g/mol. The van der Waals surface area contributed by atoms with Gasteiger partial charge in [-0.15, -0.1) is 0 Å². The van der Waals surface area contributed by atoms with Gasteiger partial charge in [-0.1, -0.05) is 13.8 Å². The largest absolute Gasteiger partial charge is 0.469 e. The summed E-state index contributed by atoms with van der Waals surface area (Å²) in [6, 6.07) is 0. The number of nitrogens with two attached hydrogens (primary N) is 1. The average Bonchev–Trinajstić information content (AvgIpc) is 2.17. The van der Waals surface area contributed by atoms with E-state index in [1.807, 2.05) is 0 Å². The Morgan fingerprint density at radius 3 is 2.87 bits per heavy atom. The van der Waals surface area contributed by atoms with Gasteiger partial charge in [-0.3, -0.25) is 4.79 Å². The quantitative estimate of drug-likeness (QED) is 0.716. The van der Waals surface area contributed by atoms with Gasteiger partial charge in [0.05, 0.1) is 19.6 Å². The molecule has 0 spiro atoms. The molecule has 0 saturated carbocycles. The van der Waals surface area contributed by atoms with Gasteiger partial charge >= 0.3 is 5.97 Å². The highest BCUT2D eigenvalue weighted by Crippen LogP contribution is 2.29. The molecule has 4 nitrogen and oxygen atoms in total. The van der Waals surface area contributed by atoms with Crippen LogP contribution < -0.4 is 5.73 Å². The van der Waals surface area contributed by atoms with Crippen molar-refractivity contribution >= 4 is 5.97 Å². The van der Waals surface area contributed by atoms with Gasteiger partial charge in [0, 0.05) is 12.1 Å². The SMILES string of the molecule is COC(=O)CC1(N)CCOC(C(C)C)C1. The lowest BCUT2D eigenvalue weighted by Gasteiger charge is -2.38. The molecule has 0 aliphatic carbocycles. The lowest BCUT2D eigenvalue weighted by atomic mass is 9.82. The van der Waals surface area contributed by atoms with Crippen LogP contribution in [0.2, 0.25) is 0 Å². The molecular formula is C11H21NO3. The molecule has 2 N–H and O–H groups in total. The first-order chi connectivity index (χ1) is 6.97. The lowest BCUT2D eigenvalue weighted by molar-refractivity contribution is -0.143. The zero-order valence-corrected chi connectivity index (χ0v) is 9.79. The zero-order valence-electron chi connectivity index (χ0n) is 9.79. The van der Waals surface area contributed by atoms with E-state index in [4.69, 9.17) is 10.5 Å². The van der Waals surface area contributed by atoms with E-state index in [9.17, 15) is 4.79 Å². The van der Waals surface area contributed by atoms with Gasteiger partial charge in [-0.25, -0.2) is 0 Å². The first-order valence-electron chi connectivity index (χ1n) is 5.44. The van der Waals surface area contributed by atoms with Crippen LogP contribution >= 0.6 is 0 Å². The highest BCUT2D eigenvalue weighted by atomic mass is 16.5. The summed E-state index contributed by atoms with van der Waals surface area (Å²) in [6.45, 7) is 4.85. The van der Waals surface area contributed by atoms with Crippen molar-refractivity contribution in [2.75, 3.05) is 13.7 Å². The Kier molecular flexibility index (Phi) is 4.11. The molecule has 0 aromatic rings. The van der Waals surface area contributed by atoms with Gasteiger partial charge in [0.2, 0.25) is 0 Å². The molecule has 0 radical (unpaired) electrons. The van der Waals surface area contributed by atoms with E-state index < -0.39 is 5.54 Å². The number of ether oxygens (including phenoxy) is 2. The molecule has 88 valence electrons. The van der Waals surface area contributed by atoms with Crippen molar-refractivity contribution in [3.05, 3.63) is 0 Å². The van der Waals surface area contributed by atoms with Gasteiger partial charge in [-0.05, 0) is 18.8 Å². The number of hydrogen-bond donors (Lipinski definition) is 1. The van der Waals surface area contributed by atoms with E-state index in [0.717, 1.165) is 12.8 Å². The Bertz CT molecular complexity index is 230. The predicted molar refractivity (Wildman–Crippen MR) is 57.4 cm³/mol. The van der Waals surface area contributed by atoms with Gasteiger partial charge in [-0.2, -0.15) is 0 Å². The first kappa shape index (κ1) is 12.5. The maximum absolute atomic E-state index is 11.2. The third-order valence-corrected chi connectivity index (χ3v) is 3.01. The van der Waals surface area contributed by atoms with Crippen LogP contribution in [0, 0.1) is 5.92 Å². The summed E-state index contributed by atoms with van der Waals surface area (Å²) < 4.78 is 10.3. The van der Waals surface area contributed by atoms with Crippen LogP contribution in [0.25, 0.3) is 0 Å². The van der Waals surface area contributed by atoms with Crippen molar-refractivity contribution in [3.8, 4) is 0 Å². The second-order valence-electron chi connectivity index (χ2n) is 4.72. The number of carbonyl (C=O) groups excluding carboxylic acids is 1. The summed E-state index contributed by atoms with van der Waals surface area (Å²) in [4.78, 5) is 11.2. The molecule has 15 heavy (non-hydrogen) atoms. The Morgan fingerprint density at radius 2 is 2.33 bits per heavy atom. The molecule has 1 aliphatic rings. The lowest BCUT2D eigenvalue weighted by Crippen LogP contribution is -2.50. The van der Waals surface area contributed by atoms with Crippen LogP contribution in [-0.2, 0) is 14.3 Å². The van der Waals surface area contributed by atoms with Crippen LogP contribution in [0.1, 0.15) is 33.1 Å². The van der Waals surface area contributed by atoms with E-state index >= 15 is 0 Å². The minimum absolute atomic E-state index is 0.161. The third kappa shape index (κ3) is 3.47. The van der Waals surface area contributed by atoms with Crippen LogP contribution in [0.4, 0.5) is 0 Å². The molecule has 0 aromatic heterocycles. The summed E-state index contributed by atoms with van der Waals surface area (Å²) in [6.07, 6.45) is 1.91. The van der Waals surface area contributed by atoms with Crippen molar-refractivity contribution in [1.82, 2.24) is 0 Å². The maximum atomic E-state index is 11.2. The number of carbonyl (C=O) groups is 1. The molecule has 1 aliphatic heterocycles. The van der Waals surface area contributed by atoms with E-state index in [1.165, 1.54) is 7.11 Å². The van der Waals surface area contributed by atoms with Crippen molar-refractivity contribution in [3.63, 3.8) is 0 Å². The standard InChI is InChI=1S/C11H21NO3/c1-8(2)9-6-11(12,4-5-15-9)7-10(13)14-3/h8-9H,4-7,12H2,1-3H3. The van der Waals surface area contributed by atoms with Crippen LogP contribution in [0.5, 0.6) is 0 Å². The summed E-state index contributed by atoms with van der Waals surface area (Å²) >= 11 is 0. The van der Waals surface area contributed by atoms with E-state index in [1.54, 1.807) is 0 Å². The second-order valence-corrected chi connectivity index (χ2v) is 4.72. The Labute approximate surface area is 91.1 Å². The molecule has 0 bridgehead atoms. The minimum atomic E-state index is -0.444. The Hall–Kier alpha value is -0.610. The van der Waals surface area contributed by atoms with Crippen molar-refractivity contribution in [2.24, 2.45) is 11.7 Å². The summed E-state index contributed by atoms with van der Waals surface area (Å²) in [5, 5.41) is 0. The molecule has 2 atom stereocenters. The van der Waals surface area contributed by atoms with Crippen LogP contribution in [0.3, 0.4) is 0 Å². The fourth-order valence-corrected chi connectivity index (χ4v) is 1.92. The highest BCUT2D eigenvalue weighted by molar-refractivity contribution is 5.70. The van der Waals surface area contributed by atoms with Crippen molar-refractivity contribution < 1.29 is 14.3 Å². The van der Waals surface area contributed by atoms with E-state index in [0.29, 0.717) is 12.5 Å². The fraction of sp³-hybridized carbons (Fsp3) is 0.909. The first-order valence-corrected chi connectivity index (χ1v) is 5.44. The third-order valence-electron chi connectivity index (χ3n) is 3.01. The number of hydrogen-bond acceptors (Lipinski definition) is 4. The van der Waals surface area contributed by atoms with Crippen LogP contribution in [0.15, 0.2) is 0 Å². The van der Waals surface area contributed by atoms with Gasteiger partial charge in [0.1, 0.15) is 0 Å². The van der Waals surface area contributed by atoms with Crippen molar-refractivity contribution in [1.29, 1.82) is 0 Å². The number of rotatable bonds is 3. The van der Waals surface area contributed by atoms with Gasteiger partial charge in [0.15, 0.2) is 0 Å². The molecule has 0 amide bonds. The van der Waals surface area contributed by atoms with Crippen LogP contribution in [-0.4, -0.2) is 31.3 Å². The average molecular weight is 215 g/mol. The topological polar surface area (TPSA) is 61.5 Å². The van der Waals surface area contributed by atoms with Gasteiger partial charge in [0.25, 0.3) is 0 Å². The molecule has 1 fully saturated rings. The molecule has 1 rings (SSSR count). The Balaban J connectivity index is 2.56. The molecule has 1 saturated heterocycles. The molecular weight excluding hydrogens is 194 g/mol. The molecule has 1 heterocycles. The second kappa shape index (κ2) is 4.94. The fourth-order valence-electron chi connectivity index (χ4n) is 1.92. The minimum Gasteiger partial charge on any atom is -0.469 e. The normalized spacial score (nSPS) is 31.7. The summed E-state index contributed by atoms with van der Waals surface area (Å²) in [5.41, 5.74) is 5.74. The molecule has 2 unspecified atom stereocenters. The smallest absolute Gasteiger partial charge is 0.307 e. The van der Waals surface area contributed by atoms with E-state index in [2.05, 4.69) is 18.6 Å². The molecule has 0 aromatic carbocycles. The highest BCUT2D eigenvalue weighted by Gasteiger charge is 2.36. The molecule has 4 heteroatoms. The van der Waals surface area contributed by atoms with Crippen molar-refractivity contribution in [2.45, 2.75) is 44.8 Å². The summed E-state index contributed by atoms with van der Waals surface area (Å²) in [5.74, 6) is 0.202. The predicted octanol–water partition coefficient (Wildman–Crippen LogP) is 1.08. The Morgan fingerprint density at radius 1 is 1.67 bits per heavy atom. The summed E-state index contributed by atoms with van der Waals surface area (Å²) in [7, 11) is 1.39. The van der Waals surface area contributed by atoms with Gasteiger partial charge < -0.3 is 15.2 Å². The van der Waals surface area contributed by atoms with E-state index in [-0.39, 0.29) is 18.5 Å². The number of methoxy groups -OCH3 is 1.